The highest BCUT2D eigenvalue weighted by Gasteiger charge is 2.19. The van der Waals surface area contributed by atoms with Crippen LogP contribution in [0.3, 0.4) is 0 Å². The van der Waals surface area contributed by atoms with Crippen molar-refractivity contribution in [2.75, 3.05) is 6.54 Å². The molecule has 1 aromatic carbocycles. The molecule has 0 radical (unpaired) electrons. The number of para-hydroxylation sites is 1. The van der Waals surface area contributed by atoms with Crippen molar-refractivity contribution in [1.29, 1.82) is 0 Å². The van der Waals surface area contributed by atoms with E-state index in [1.807, 2.05) is 36.4 Å². The standard InChI is InChI=1S/C21H22N4O3/c1-15(2)28-19(26)10-12-23-21(27)18-14-25(17-8-4-3-5-9-17)24-20(18)16-7-6-11-22-13-16/h3-9,11,13-15H,10,12H2,1-2H3,(H,23,27). The van der Waals surface area contributed by atoms with Crippen LogP contribution in [-0.2, 0) is 9.53 Å². The molecule has 7 nitrogen and oxygen atoms in total. The van der Waals surface area contributed by atoms with Crippen molar-refractivity contribution in [3.05, 3.63) is 66.6 Å². The highest BCUT2D eigenvalue weighted by molar-refractivity contribution is 6.00. The highest BCUT2D eigenvalue weighted by atomic mass is 16.5. The van der Waals surface area contributed by atoms with Gasteiger partial charge in [-0.25, -0.2) is 4.68 Å². The molecule has 0 aliphatic heterocycles. The Bertz CT molecular complexity index is 937. The first kappa shape index (κ1) is 19.3. The molecule has 3 rings (SSSR count). The van der Waals surface area contributed by atoms with Crippen LogP contribution < -0.4 is 5.32 Å². The average molecular weight is 378 g/mol. The summed E-state index contributed by atoms with van der Waals surface area (Å²) < 4.78 is 6.73. The quantitative estimate of drug-likeness (QED) is 0.639. The van der Waals surface area contributed by atoms with Gasteiger partial charge in [-0.05, 0) is 38.1 Å². The highest BCUT2D eigenvalue weighted by Crippen LogP contribution is 2.23. The molecule has 2 aromatic heterocycles. The zero-order valence-electron chi connectivity index (χ0n) is 15.8. The van der Waals surface area contributed by atoms with E-state index in [9.17, 15) is 9.59 Å². The van der Waals surface area contributed by atoms with Crippen LogP contribution in [0.15, 0.2) is 61.1 Å². The molecule has 0 atom stereocenters. The van der Waals surface area contributed by atoms with Crippen molar-refractivity contribution < 1.29 is 14.3 Å². The third-order valence-electron chi connectivity index (χ3n) is 3.90. The van der Waals surface area contributed by atoms with Crippen molar-refractivity contribution in [3.8, 4) is 16.9 Å². The lowest BCUT2D eigenvalue weighted by Crippen LogP contribution is -2.27. The molecule has 0 spiro atoms. The SMILES string of the molecule is CC(C)OC(=O)CCNC(=O)c1cn(-c2ccccc2)nc1-c1cccnc1. The predicted molar refractivity (Wildman–Crippen MR) is 105 cm³/mol. The van der Waals surface area contributed by atoms with Crippen molar-refractivity contribution in [3.63, 3.8) is 0 Å². The van der Waals surface area contributed by atoms with Gasteiger partial charge in [0.1, 0.15) is 5.69 Å². The number of hydrogen-bond donors (Lipinski definition) is 1. The monoisotopic (exact) mass is 378 g/mol. The van der Waals surface area contributed by atoms with Gasteiger partial charge in [-0.3, -0.25) is 14.6 Å². The molecule has 0 saturated carbocycles. The normalized spacial score (nSPS) is 10.7. The molecule has 0 aliphatic carbocycles. The molecule has 0 fully saturated rings. The molecule has 2 heterocycles. The van der Waals surface area contributed by atoms with Crippen LogP contribution >= 0.6 is 0 Å². The van der Waals surface area contributed by atoms with Gasteiger partial charge in [0.2, 0.25) is 0 Å². The van der Waals surface area contributed by atoms with Gasteiger partial charge in [0.25, 0.3) is 5.91 Å². The van der Waals surface area contributed by atoms with Gasteiger partial charge in [-0.2, -0.15) is 5.10 Å². The number of amides is 1. The van der Waals surface area contributed by atoms with E-state index in [1.165, 1.54) is 0 Å². The van der Waals surface area contributed by atoms with E-state index in [0.717, 1.165) is 11.3 Å². The number of aromatic nitrogens is 3. The fraction of sp³-hybridized carbons (Fsp3) is 0.238. The molecule has 1 amide bonds. The van der Waals surface area contributed by atoms with E-state index in [0.29, 0.717) is 11.3 Å². The molecule has 3 aromatic rings. The van der Waals surface area contributed by atoms with Crippen molar-refractivity contribution >= 4 is 11.9 Å². The minimum atomic E-state index is -0.345. The summed E-state index contributed by atoms with van der Waals surface area (Å²) >= 11 is 0. The summed E-state index contributed by atoms with van der Waals surface area (Å²) in [7, 11) is 0. The van der Waals surface area contributed by atoms with Gasteiger partial charge in [0.05, 0.1) is 23.8 Å². The third kappa shape index (κ3) is 4.82. The Hall–Kier alpha value is -3.48. The molecular formula is C21H22N4O3. The number of ether oxygens (including phenoxy) is 1. The van der Waals surface area contributed by atoms with E-state index < -0.39 is 0 Å². The minimum absolute atomic E-state index is 0.110. The first-order chi connectivity index (χ1) is 13.5. The summed E-state index contributed by atoms with van der Waals surface area (Å²) in [5, 5.41) is 7.34. The maximum absolute atomic E-state index is 12.8. The Morgan fingerprint density at radius 2 is 1.93 bits per heavy atom. The van der Waals surface area contributed by atoms with Crippen molar-refractivity contribution in [2.45, 2.75) is 26.4 Å². The van der Waals surface area contributed by atoms with E-state index in [-0.39, 0.29) is 30.9 Å². The molecule has 0 aliphatic rings. The van der Waals surface area contributed by atoms with Gasteiger partial charge in [-0.15, -0.1) is 0 Å². The fourth-order valence-corrected chi connectivity index (χ4v) is 2.66. The number of rotatable bonds is 7. The number of nitrogens with zero attached hydrogens (tertiary/aromatic N) is 3. The topological polar surface area (TPSA) is 86.1 Å². The third-order valence-corrected chi connectivity index (χ3v) is 3.90. The molecule has 144 valence electrons. The van der Waals surface area contributed by atoms with Crippen LogP contribution in [0.25, 0.3) is 16.9 Å². The summed E-state index contributed by atoms with van der Waals surface area (Å²) in [5.41, 5.74) is 2.52. The van der Waals surface area contributed by atoms with Crippen LogP contribution in [-0.4, -0.2) is 39.3 Å². The Morgan fingerprint density at radius 3 is 2.61 bits per heavy atom. The van der Waals surface area contributed by atoms with Gasteiger partial charge in [0.15, 0.2) is 0 Å². The van der Waals surface area contributed by atoms with Crippen LogP contribution in [0.5, 0.6) is 0 Å². The van der Waals surface area contributed by atoms with E-state index in [1.54, 1.807) is 43.2 Å². The van der Waals surface area contributed by atoms with Gasteiger partial charge in [0, 0.05) is 30.7 Å². The summed E-state index contributed by atoms with van der Waals surface area (Å²) in [6.07, 6.45) is 4.94. The van der Waals surface area contributed by atoms with Gasteiger partial charge >= 0.3 is 5.97 Å². The minimum Gasteiger partial charge on any atom is -0.463 e. The maximum atomic E-state index is 12.8. The van der Waals surface area contributed by atoms with Crippen molar-refractivity contribution in [1.82, 2.24) is 20.1 Å². The summed E-state index contributed by atoms with van der Waals surface area (Å²) in [4.78, 5) is 28.5. The second-order valence-corrected chi connectivity index (χ2v) is 6.46. The number of hydrogen-bond acceptors (Lipinski definition) is 5. The predicted octanol–water partition coefficient (Wildman–Crippen LogP) is 3.01. The molecule has 0 unspecified atom stereocenters. The second kappa shape index (κ2) is 8.94. The smallest absolute Gasteiger partial charge is 0.307 e. The number of nitrogens with one attached hydrogen (secondary N) is 1. The number of carbonyl (C=O) groups excluding carboxylic acids is 2. The molecule has 0 bridgehead atoms. The lowest BCUT2D eigenvalue weighted by Gasteiger charge is -2.08. The Labute approximate surface area is 163 Å². The molecule has 1 N–H and O–H groups in total. The van der Waals surface area contributed by atoms with E-state index in [4.69, 9.17) is 4.74 Å². The molecular weight excluding hydrogens is 356 g/mol. The van der Waals surface area contributed by atoms with E-state index in [2.05, 4.69) is 15.4 Å². The number of carbonyl (C=O) groups is 2. The molecule has 0 saturated heterocycles. The first-order valence-electron chi connectivity index (χ1n) is 9.08. The molecule has 28 heavy (non-hydrogen) atoms. The van der Waals surface area contributed by atoms with Gasteiger partial charge in [-0.1, -0.05) is 18.2 Å². The lowest BCUT2D eigenvalue weighted by atomic mass is 10.1. The zero-order chi connectivity index (χ0) is 19.9. The zero-order valence-corrected chi connectivity index (χ0v) is 15.8. The maximum Gasteiger partial charge on any atom is 0.307 e. The summed E-state index contributed by atoms with van der Waals surface area (Å²) in [6.45, 7) is 3.76. The number of benzene rings is 1. The average Bonchev–Trinajstić information content (AvgIpc) is 3.14. The lowest BCUT2D eigenvalue weighted by molar-refractivity contribution is -0.147. The fourth-order valence-electron chi connectivity index (χ4n) is 2.66. The second-order valence-electron chi connectivity index (χ2n) is 6.46. The Morgan fingerprint density at radius 1 is 1.14 bits per heavy atom. The van der Waals surface area contributed by atoms with Crippen LogP contribution in [0.2, 0.25) is 0 Å². The molecule has 7 heteroatoms. The van der Waals surface area contributed by atoms with Crippen molar-refractivity contribution in [2.24, 2.45) is 0 Å². The van der Waals surface area contributed by atoms with Crippen LogP contribution in [0.1, 0.15) is 30.6 Å². The van der Waals surface area contributed by atoms with Crippen LogP contribution in [0.4, 0.5) is 0 Å². The number of esters is 1. The Kier molecular flexibility index (Phi) is 6.16. The van der Waals surface area contributed by atoms with Gasteiger partial charge < -0.3 is 10.1 Å². The first-order valence-corrected chi connectivity index (χ1v) is 9.08. The summed E-state index contributed by atoms with van der Waals surface area (Å²) in [6, 6.07) is 13.2. The summed E-state index contributed by atoms with van der Waals surface area (Å²) in [5.74, 6) is -0.652. The Balaban J connectivity index is 1.81. The largest absolute Gasteiger partial charge is 0.463 e. The van der Waals surface area contributed by atoms with E-state index >= 15 is 0 Å². The number of pyridine rings is 1. The van der Waals surface area contributed by atoms with Crippen LogP contribution in [0, 0.1) is 0 Å².